The number of benzene rings is 1. The molecule has 1 saturated carbocycles. The van der Waals surface area contributed by atoms with E-state index in [1.54, 1.807) is 36.4 Å². The minimum absolute atomic E-state index is 0.286. The molecule has 3 rings (SSSR count). The molecule has 1 aliphatic carbocycles. The average molecular weight is 331 g/mol. The summed E-state index contributed by atoms with van der Waals surface area (Å²) in [7, 11) is 0. The van der Waals surface area contributed by atoms with Crippen molar-refractivity contribution in [2.75, 3.05) is 10.6 Å². The Morgan fingerprint density at radius 2 is 1.74 bits per heavy atom. The zero-order chi connectivity index (χ0) is 16.1. The van der Waals surface area contributed by atoms with Gasteiger partial charge in [-0.3, -0.25) is 4.79 Å². The van der Waals surface area contributed by atoms with Crippen LogP contribution in [0.5, 0.6) is 0 Å². The lowest BCUT2D eigenvalue weighted by Crippen LogP contribution is -2.23. The second-order valence-corrected chi connectivity index (χ2v) is 6.18. The number of hydrogen-bond acceptors (Lipinski definition) is 4. The maximum absolute atomic E-state index is 12.1. The number of amides is 1. The first-order valence-electron chi connectivity index (χ1n) is 7.88. The van der Waals surface area contributed by atoms with E-state index < -0.39 is 0 Å². The van der Waals surface area contributed by atoms with E-state index in [2.05, 4.69) is 20.8 Å². The Hall–Kier alpha value is -2.14. The van der Waals surface area contributed by atoms with E-state index in [1.807, 2.05) is 0 Å². The molecule has 2 aromatic rings. The molecule has 0 bridgehead atoms. The van der Waals surface area contributed by atoms with Crippen molar-refractivity contribution in [2.45, 2.75) is 38.1 Å². The molecule has 1 amide bonds. The smallest absolute Gasteiger partial charge is 0.276 e. The van der Waals surface area contributed by atoms with Gasteiger partial charge in [-0.15, -0.1) is 10.2 Å². The molecule has 0 aliphatic heterocycles. The summed E-state index contributed by atoms with van der Waals surface area (Å²) >= 11 is 5.82. The van der Waals surface area contributed by atoms with Gasteiger partial charge in [0.2, 0.25) is 0 Å². The van der Waals surface area contributed by atoms with Gasteiger partial charge >= 0.3 is 0 Å². The topological polar surface area (TPSA) is 66.9 Å². The van der Waals surface area contributed by atoms with Crippen LogP contribution in [0.2, 0.25) is 5.02 Å². The van der Waals surface area contributed by atoms with E-state index in [0.29, 0.717) is 16.8 Å². The number of carbonyl (C=O) groups is 1. The van der Waals surface area contributed by atoms with Crippen molar-refractivity contribution in [2.24, 2.45) is 0 Å². The third-order valence-corrected chi connectivity index (χ3v) is 4.21. The van der Waals surface area contributed by atoms with Gasteiger partial charge in [-0.2, -0.15) is 0 Å². The van der Waals surface area contributed by atoms with Gasteiger partial charge in [0.15, 0.2) is 5.69 Å². The first kappa shape index (κ1) is 15.7. The molecule has 1 aromatic heterocycles. The Morgan fingerprint density at radius 1 is 1.00 bits per heavy atom. The summed E-state index contributed by atoms with van der Waals surface area (Å²) in [5.41, 5.74) is 0.958. The molecule has 0 saturated heterocycles. The lowest BCUT2D eigenvalue weighted by Gasteiger charge is -2.22. The van der Waals surface area contributed by atoms with Crippen molar-refractivity contribution in [3.05, 3.63) is 47.1 Å². The van der Waals surface area contributed by atoms with Crippen molar-refractivity contribution in [3.63, 3.8) is 0 Å². The third-order valence-electron chi connectivity index (χ3n) is 3.96. The monoisotopic (exact) mass is 330 g/mol. The summed E-state index contributed by atoms with van der Waals surface area (Å²) in [4.78, 5) is 12.1. The molecule has 23 heavy (non-hydrogen) atoms. The number of nitrogens with one attached hydrogen (secondary N) is 2. The Morgan fingerprint density at radius 3 is 2.39 bits per heavy atom. The third kappa shape index (κ3) is 4.42. The van der Waals surface area contributed by atoms with Crippen molar-refractivity contribution >= 4 is 29.0 Å². The molecule has 0 atom stereocenters. The lowest BCUT2D eigenvalue weighted by atomic mass is 9.95. The molecule has 120 valence electrons. The van der Waals surface area contributed by atoms with E-state index in [1.165, 1.54) is 32.1 Å². The largest absolute Gasteiger partial charge is 0.366 e. The molecule has 1 fully saturated rings. The molecule has 6 heteroatoms. The molecule has 0 spiro atoms. The summed E-state index contributed by atoms with van der Waals surface area (Å²) in [6.45, 7) is 0. The van der Waals surface area contributed by atoms with Gasteiger partial charge in [0, 0.05) is 16.8 Å². The van der Waals surface area contributed by atoms with Gasteiger partial charge in [-0.05, 0) is 49.2 Å². The van der Waals surface area contributed by atoms with Crippen LogP contribution in [-0.4, -0.2) is 22.1 Å². The fraction of sp³-hybridized carbons (Fsp3) is 0.353. The maximum Gasteiger partial charge on any atom is 0.276 e. The van der Waals surface area contributed by atoms with Gasteiger partial charge in [-0.25, -0.2) is 0 Å². The Labute approximate surface area is 140 Å². The summed E-state index contributed by atoms with van der Waals surface area (Å²) in [5, 5.41) is 14.9. The van der Waals surface area contributed by atoms with Gasteiger partial charge < -0.3 is 10.6 Å². The Kier molecular flexibility index (Phi) is 5.08. The fourth-order valence-electron chi connectivity index (χ4n) is 2.71. The van der Waals surface area contributed by atoms with Crippen LogP contribution in [0, 0.1) is 0 Å². The van der Waals surface area contributed by atoms with Crippen LogP contribution in [-0.2, 0) is 0 Å². The molecule has 2 N–H and O–H groups in total. The SMILES string of the molecule is O=C(Nc1ccc(Cl)cc1)c1ccc(NC2CCCCC2)nn1. The molecular formula is C17H19ClN4O. The van der Waals surface area contributed by atoms with E-state index in [-0.39, 0.29) is 11.6 Å². The number of rotatable bonds is 4. The summed E-state index contributed by atoms with van der Waals surface area (Å²) in [6, 6.07) is 10.9. The van der Waals surface area contributed by atoms with Gasteiger partial charge in [-0.1, -0.05) is 30.9 Å². The highest BCUT2D eigenvalue weighted by molar-refractivity contribution is 6.30. The van der Waals surface area contributed by atoms with Crippen LogP contribution < -0.4 is 10.6 Å². The quantitative estimate of drug-likeness (QED) is 0.884. The number of carbonyl (C=O) groups excluding carboxylic acids is 1. The molecule has 1 heterocycles. The predicted octanol–water partition coefficient (Wildman–Crippen LogP) is 4.13. The lowest BCUT2D eigenvalue weighted by molar-refractivity contribution is 0.102. The van der Waals surface area contributed by atoms with Crippen LogP contribution in [0.1, 0.15) is 42.6 Å². The minimum atomic E-state index is -0.288. The minimum Gasteiger partial charge on any atom is -0.366 e. The zero-order valence-electron chi connectivity index (χ0n) is 12.8. The number of halogens is 1. The average Bonchev–Trinajstić information content (AvgIpc) is 2.58. The highest BCUT2D eigenvalue weighted by atomic mass is 35.5. The van der Waals surface area contributed by atoms with E-state index in [9.17, 15) is 4.79 Å². The van der Waals surface area contributed by atoms with Crippen LogP contribution >= 0.6 is 11.6 Å². The fourth-order valence-corrected chi connectivity index (χ4v) is 2.84. The first-order chi connectivity index (χ1) is 11.2. The van der Waals surface area contributed by atoms with E-state index in [4.69, 9.17) is 11.6 Å². The van der Waals surface area contributed by atoms with E-state index >= 15 is 0 Å². The standard InChI is InChI=1S/C17H19ClN4O/c18-12-6-8-14(9-7-12)20-17(23)15-10-11-16(22-21-15)19-13-4-2-1-3-5-13/h6-11,13H,1-5H2,(H,19,22)(H,20,23). The summed E-state index contributed by atoms with van der Waals surface area (Å²) in [5.74, 6) is 0.434. The maximum atomic E-state index is 12.1. The molecule has 0 unspecified atom stereocenters. The van der Waals surface area contributed by atoms with Crippen LogP contribution in [0.4, 0.5) is 11.5 Å². The molecular weight excluding hydrogens is 312 g/mol. The highest BCUT2D eigenvalue weighted by Gasteiger charge is 2.14. The Bertz CT molecular complexity index is 651. The molecule has 5 nitrogen and oxygen atoms in total. The van der Waals surface area contributed by atoms with Crippen LogP contribution in [0.3, 0.4) is 0 Å². The number of aromatic nitrogens is 2. The van der Waals surface area contributed by atoms with Crippen molar-refractivity contribution in [1.82, 2.24) is 10.2 Å². The van der Waals surface area contributed by atoms with Gasteiger partial charge in [0.1, 0.15) is 5.82 Å². The summed E-state index contributed by atoms with van der Waals surface area (Å²) < 4.78 is 0. The first-order valence-corrected chi connectivity index (χ1v) is 8.26. The predicted molar refractivity (Wildman–Crippen MR) is 91.9 cm³/mol. The Balaban J connectivity index is 1.59. The van der Waals surface area contributed by atoms with Gasteiger partial charge in [0.25, 0.3) is 5.91 Å². The number of nitrogens with zero attached hydrogens (tertiary/aromatic N) is 2. The number of anilines is 2. The van der Waals surface area contributed by atoms with Crippen LogP contribution in [0.25, 0.3) is 0 Å². The zero-order valence-corrected chi connectivity index (χ0v) is 13.5. The number of hydrogen-bond donors (Lipinski definition) is 2. The van der Waals surface area contributed by atoms with Gasteiger partial charge in [0.05, 0.1) is 0 Å². The van der Waals surface area contributed by atoms with Crippen molar-refractivity contribution < 1.29 is 4.79 Å². The molecule has 1 aliphatic rings. The molecule has 1 aromatic carbocycles. The second-order valence-electron chi connectivity index (χ2n) is 5.74. The van der Waals surface area contributed by atoms with Crippen molar-refractivity contribution in [1.29, 1.82) is 0 Å². The van der Waals surface area contributed by atoms with Crippen molar-refractivity contribution in [3.8, 4) is 0 Å². The normalized spacial score (nSPS) is 15.2. The summed E-state index contributed by atoms with van der Waals surface area (Å²) in [6.07, 6.45) is 6.16. The molecule has 0 radical (unpaired) electrons. The second kappa shape index (κ2) is 7.42. The van der Waals surface area contributed by atoms with E-state index in [0.717, 1.165) is 5.82 Å². The van der Waals surface area contributed by atoms with Crippen LogP contribution in [0.15, 0.2) is 36.4 Å². The highest BCUT2D eigenvalue weighted by Crippen LogP contribution is 2.20.